The summed E-state index contributed by atoms with van der Waals surface area (Å²) >= 11 is 0. The van der Waals surface area contributed by atoms with E-state index in [0.29, 0.717) is 0 Å². The van der Waals surface area contributed by atoms with Crippen molar-refractivity contribution in [1.82, 2.24) is 0 Å². The van der Waals surface area contributed by atoms with Gasteiger partial charge in [0.25, 0.3) is 0 Å². The maximum Gasteiger partial charge on any atom is 0.0719 e. The summed E-state index contributed by atoms with van der Waals surface area (Å²) in [5, 5.41) is 2.52. The van der Waals surface area contributed by atoms with Crippen LogP contribution in [0.5, 0.6) is 0 Å². The normalized spacial score (nSPS) is 15.2. The Morgan fingerprint density at radius 1 is 0.962 bits per heavy atom. The molecule has 3 heteroatoms. The third-order valence-electron chi connectivity index (χ3n) is 5.06. The van der Waals surface area contributed by atoms with E-state index in [-0.39, 0.29) is 46.9 Å². The predicted octanol–water partition coefficient (Wildman–Crippen LogP) is 5.26. The Morgan fingerprint density at radius 2 is 1.65 bits per heavy atom. The van der Waals surface area contributed by atoms with Gasteiger partial charge in [0.05, 0.1) is 5.69 Å². The van der Waals surface area contributed by atoms with Gasteiger partial charge in [-0.05, 0) is 25.8 Å². The van der Waals surface area contributed by atoms with Gasteiger partial charge in [-0.15, -0.1) is 45.7 Å². The van der Waals surface area contributed by atoms with E-state index in [4.69, 9.17) is 4.99 Å². The third kappa shape index (κ3) is 3.60. The van der Waals surface area contributed by atoms with Gasteiger partial charge in [0.15, 0.2) is 0 Å². The van der Waals surface area contributed by atoms with Gasteiger partial charge in [-0.25, -0.2) is 0 Å². The predicted molar refractivity (Wildman–Crippen MR) is 107 cm³/mol. The fourth-order valence-corrected chi connectivity index (χ4v) is 3.68. The fraction of sp³-hybridized carbons (Fsp3) is 0.217. The van der Waals surface area contributed by atoms with E-state index in [1.807, 2.05) is 26.1 Å². The first kappa shape index (κ1) is 19.5. The molecule has 0 heterocycles. The molecule has 4 rings (SSSR count). The van der Waals surface area contributed by atoms with Gasteiger partial charge in [0.2, 0.25) is 0 Å². The van der Waals surface area contributed by atoms with Crippen molar-refractivity contribution in [2.45, 2.75) is 26.7 Å². The van der Waals surface area contributed by atoms with Crippen LogP contribution in [0, 0.1) is 59.9 Å². The summed E-state index contributed by atoms with van der Waals surface area (Å²) in [6.45, 7) is 4.20. The second kappa shape index (κ2) is 8.21. The first-order valence-corrected chi connectivity index (χ1v) is 8.69. The number of aryl methyl sites for hydroxylation is 1. The van der Waals surface area contributed by atoms with Crippen LogP contribution in [0.3, 0.4) is 0 Å². The molecule has 0 aromatic heterocycles. The molecule has 0 amide bonds. The molecule has 0 saturated heterocycles. The van der Waals surface area contributed by atoms with Crippen LogP contribution in [0.1, 0.15) is 29.2 Å². The molecular formula is C23H21N2Yb-. The van der Waals surface area contributed by atoms with Crippen LogP contribution in [-0.2, 0) is 12.8 Å². The van der Waals surface area contributed by atoms with E-state index >= 15 is 0 Å². The van der Waals surface area contributed by atoms with Crippen LogP contribution < -0.4 is 0 Å². The Labute approximate surface area is 193 Å². The number of hydrogen-bond acceptors (Lipinski definition) is 2. The molecule has 2 nitrogen and oxygen atoms in total. The van der Waals surface area contributed by atoms with E-state index in [0.717, 1.165) is 29.8 Å². The molecule has 0 fully saturated rings. The SMILES string of the molecule is CN=C(C)c1ccccc1N=C1Cc2c(C)[c-]c3ccccc3c2C1.[Yb]. The number of benzene rings is 3. The largest absolute Gasteiger partial charge is 0.293 e. The Bertz CT molecular complexity index is 1030. The molecule has 0 N–H and O–H groups in total. The van der Waals surface area contributed by atoms with Gasteiger partial charge in [-0.2, -0.15) is 0 Å². The minimum absolute atomic E-state index is 0. The van der Waals surface area contributed by atoms with Crippen LogP contribution >= 0.6 is 0 Å². The quantitative estimate of drug-likeness (QED) is 0.340. The number of rotatable bonds is 2. The molecule has 138 valence electrons. The molecule has 0 spiro atoms. The standard InChI is InChI=1S/C23H21N2.Yb/c1-15-12-17-8-4-5-10-20(17)22-14-18(13-21(15)22)25-23-11-7-6-9-19(23)16(2)24-3;/h4-11H,13-14H2,1-3H3;/q-1;. The van der Waals surface area contributed by atoms with Gasteiger partial charge in [0.1, 0.15) is 0 Å². The van der Waals surface area contributed by atoms with Crippen LogP contribution in [-0.4, -0.2) is 18.5 Å². The Kier molecular flexibility index (Phi) is 6.17. The van der Waals surface area contributed by atoms with Crippen molar-refractivity contribution in [2.24, 2.45) is 9.98 Å². The van der Waals surface area contributed by atoms with Crippen molar-refractivity contribution >= 4 is 27.9 Å². The number of hydrogen-bond donors (Lipinski definition) is 0. The van der Waals surface area contributed by atoms with Crippen LogP contribution in [0.2, 0.25) is 0 Å². The van der Waals surface area contributed by atoms with Gasteiger partial charge in [-0.3, -0.25) is 9.98 Å². The summed E-state index contributed by atoms with van der Waals surface area (Å²) in [7, 11) is 1.83. The number of para-hydroxylation sites is 1. The second-order valence-electron chi connectivity index (χ2n) is 6.61. The van der Waals surface area contributed by atoms with Crippen molar-refractivity contribution in [3.05, 3.63) is 76.9 Å². The molecule has 0 bridgehead atoms. The van der Waals surface area contributed by atoms with E-state index in [2.05, 4.69) is 54.4 Å². The minimum Gasteiger partial charge on any atom is -0.293 e. The zero-order valence-corrected chi connectivity index (χ0v) is 16.9. The molecule has 0 radical (unpaired) electrons. The molecule has 1 aliphatic rings. The van der Waals surface area contributed by atoms with E-state index in [1.165, 1.54) is 33.2 Å². The fourth-order valence-electron chi connectivity index (χ4n) is 3.68. The Balaban J connectivity index is 0.00000196. The molecule has 3 aromatic carbocycles. The second-order valence-corrected chi connectivity index (χ2v) is 6.61. The molecule has 1 aliphatic carbocycles. The zero-order valence-electron chi connectivity index (χ0n) is 15.2. The average Bonchev–Trinajstić information content (AvgIpc) is 3.06. The van der Waals surface area contributed by atoms with Crippen molar-refractivity contribution in [1.29, 1.82) is 0 Å². The van der Waals surface area contributed by atoms with Crippen molar-refractivity contribution < 1.29 is 46.9 Å². The topological polar surface area (TPSA) is 24.7 Å². The van der Waals surface area contributed by atoms with Gasteiger partial charge >= 0.3 is 0 Å². The van der Waals surface area contributed by atoms with E-state index < -0.39 is 0 Å². The van der Waals surface area contributed by atoms with Crippen molar-refractivity contribution in [3.8, 4) is 0 Å². The molecule has 3 aromatic rings. The number of fused-ring (bicyclic) bond motifs is 3. The first-order chi connectivity index (χ1) is 12.2. The van der Waals surface area contributed by atoms with Gasteiger partial charge < -0.3 is 0 Å². The average molecular weight is 498 g/mol. The maximum atomic E-state index is 5.01. The summed E-state index contributed by atoms with van der Waals surface area (Å²) < 4.78 is 0. The molecule has 0 saturated carbocycles. The third-order valence-corrected chi connectivity index (χ3v) is 5.06. The Hall–Kier alpha value is -1.22. The summed E-state index contributed by atoms with van der Waals surface area (Å²) in [5.41, 5.74) is 8.43. The smallest absolute Gasteiger partial charge is 0.0719 e. The van der Waals surface area contributed by atoms with Crippen LogP contribution in [0.25, 0.3) is 10.8 Å². The van der Waals surface area contributed by atoms with Crippen LogP contribution in [0.4, 0.5) is 5.69 Å². The molecular weight excluding hydrogens is 477 g/mol. The summed E-state index contributed by atoms with van der Waals surface area (Å²) in [6.07, 6.45) is 1.83. The molecule has 0 aliphatic heterocycles. The summed E-state index contributed by atoms with van der Waals surface area (Å²) in [6, 6.07) is 20.3. The van der Waals surface area contributed by atoms with Gasteiger partial charge in [0, 0.05) is 71.0 Å². The molecule has 0 unspecified atom stereocenters. The van der Waals surface area contributed by atoms with Crippen LogP contribution in [0.15, 0.2) is 58.5 Å². The van der Waals surface area contributed by atoms with Crippen molar-refractivity contribution in [3.63, 3.8) is 0 Å². The monoisotopic (exact) mass is 499 g/mol. The van der Waals surface area contributed by atoms with E-state index in [1.54, 1.807) is 0 Å². The van der Waals surface area contributed by atoms with E-state index in [9.17, 15) is 0 Å². The maximum absolute atomic E-state index is 5.01. The number of nitrogens with zero attached hydrogens (tertiary/aromatic N) is 2. The number of aliphatic imine (C=N–C) groups is 2. The minimum atomic E-state index is 0. The molecule has 26 heavy (non-hydrogen) atoms. The summed E-state index contributed by atoms with van der Waals surface area (Å²) in [5.74, 6) is 0. The Morgan fingerprint density at radius 3 is 2.46 bits per heavy atom. The first-order valence-electron chi connectivity index (χ1n) is 8.69. The van der Waals surface area contributed by atoms with Gasteiger partial charge in [-0.1, -0.05) is 37.3 Å². The molecule has 0 atom stereocenters. The van der Waals surface area contributed by atoms with Crippen molar-refractivity contribution in [2.75, 3.05) is 7.05 Å². The zero-order chi connectivity index (χ0) is 17.4. The summed E-state index contributed by atoms with van der Waals surface area (Å²) in [4.78, 5) is 9.34.